The predicted octanol–water partition coefficient (Wildman–Crippen LogP) is 1.83. The summed E-state index contributed by atoms with van der Waals surface area (Å²) in [6.45, 7) is 1.22. The van der Waals surface area contributed by atoms with Gasteiger partial charge in [-0.2, -0.15) is 0 Å². The van der Waals surface area contributed by atoms with Gasteiger partial charge in [-0.25, -0.2) is 17.4 Å². The third kappa shape index (κ3) is 3.63. The summed E-state index contributed by atoms with van der Waals surface area (Å²) < 4.78 is 28.6. The van der Waals surface area contributed by atoms with Gasteiger partial charge in [-0.1, -0.05) is 24.5 Å². The van der Waals surface area contributed by atoms with Crippen molar-refractivity contribution in [2.45, 2.75) is 51.0 Å². The molecule has 2 heterocycles. The van der Waals surface area contributed by atoms with Gasteiger partial charge in [0.1, 0.15) is 0 Å². The van der Waals surface area contributed by atoms with Gasteiger partial charge >= 0.3 is 0 Å². The molecule has 1 aromatic rings. The molecule has 2 aliphatic rings. The quantitative estimate of drug-likeness (QED) is 0.850. The number of hydrogen-bond donors (Lipinski definition) is 0. The van der Waals surface area contributed by atoms with Crippen LogP contribution in [0.3, 0.4) is 0 Å². The molecule has 1 aromatic heterocycles. The molecule has 2 fully saturated rings. The first-order valence-electron chi connectivity index (χ1n) is 7.99. The predicted molar refractivity (Wildman–Crippen MR) is 80.2 cm³/mol. The van der Waals surface area contributed by atoms with Crippen molar-refractivity contribution in [1.29, 1.82) is 0 Å². The zero-order chi connectivity index (χ0) is 14.7. The Morgan fingerprint density at radius 2 is 1.76 bits per heavy atom. The molecule has 21 heavy (non-hydrogen) atoms. The minimum absolute atomic E-state index is 0.286. The average molecular weight is 312 g/mol. The molecule has 0 N–H and O–H groups in total. The summed E-state index contributed by atoms with van der Waals surface area (Å²) in [4.78, 5) is 0. The molecule has 1 saturated heterocycles. The van der Waals surface area contributed by atoms with E-state index < -0.39 is 10.0 Å². The molecule has 0 spiro atoms. The summed E-state index contributed by atoms with van der Waals surface area (Å²) in [7, 11) is -3.09. The standard InChI is InChI=1S/C14H24N4O2S/c19-21(20,12-13-4-2-1-3-5-13)17-9-6-14(7-10-17)18-11-8-15-16-18/h8,11,13-14H,1-7,9-10,12H2. The molecule has 0 atom stereocenters. The molecule has 0 aromatic carbocycles. The summed E-state index contributed by atoms with van der Waals surface area (Å²) in [5, 5.41) is 7.84. The highest BCUT2D eigenvalue weighted by Crippen LogP contribution is 2.28. The summed E-state index contributed by atoms with van der Waals surface area (Å²) in [6.07, 6.45) is 11.0. The second-order valence-corrected chi connectivity index (χ2v) is 8.31. The highest BCUT2D eigenvalue weighted by Gasteiger charge is 2.31. The van der Waals surface area contributed by atoms with Crippen molar-refractivity contribution in [3.05, 3.63) is 12.4 Å². The second-order valence-electron chi connectivity index (χ2n) is 6.30. The Bertz CT molecular complexity index is 529. The number of hydrogen-bond acceptors (Lipinski definition) is 4. The Balaban J connectivity index is 1.55. The third-order valence-electron chi connectivity index (χ3n) is 4.80. The maximum atomic E-state index is 12.5. The lowest BCUT2D eigenvalue weighted by Crippen LogP contribution is -2.41. The Morgan fingerprint density at radius 3 is 2.38 bits per heavy atom. The molecule has 0 amide bonds. The van der Waals surface area contributed by atoms with Crippen LogP contribution in [0.15, 0.2) is 12.4 Å². The van der Waals surface area contributed by atoms with E-state index in [1.807, 2.05) is 10.9 Å². The summed E-state index contributed by atoms with van der Waals surface area (Å²) in [5.74, 6) is 0.720. The van der Waals surface area contributed by atoms with Crippen LogP contribution in [0.2, 0.25) is 0 Å². The Kier molecular flexibility index (Phi) is 4.59. The molecule has 118 valence electrons. The van der Waals surface area contributed by atoms with E-state index in [-0.39, 0.29) is 6.04 Å². The zero-order valence-corrected chi connectivity index (χ0v) is 13.2. The van der Waals surface area contributed by atoms with Crippen LogP contribution >= 0.6 is 0 Å². The fraction of sp³-hybridized carbons (Fsp3) is 0.857. The molecule has 0 bridgehead atoms. The monoisotopic (exact) mass is 312 g/mol. The third-order valence-corrected chi connectivity index (χ3v) is 6.85. The topological polar surface area (TPSA) is 68.1 Å². The first kappa shape index (κ1) is 15.0. The van der Waals surface area contributed by atoms with Gasteiger partial charge in [-0.05, 0) is 31.6 Å². The van der Waals surface area contributed by atoms with E-state index in [1.54, 1.807) is 10.5 Å². The zero-order valence-electron chi connectivity index (χ0n) is 12.4. The molecule has 7 heteroatoms. The van der Waals surface area contributed by atoms with Crippen LogP contribution in [0, 0.1) is 5.92 Å². The van der Waals surface area contributed by atoms with E-state index in [9.17, 15) is 8.42 Å². The largest absolute Gasteiger partial charge is 0.249 e. The second kappa shape index (κ2) is 6.44. The summed E-state index contributed by atoms with van der Waals surface area (Å²) in [5.41, 5.74) is 0. The molecule has 0 radical (unpaired) electrons. The van der Waals surface area contributed by atoms with Crippen LogP contribution in [0.25, 0.3) is 0 Å². The molecule has 1 saturated carbocycles. The molecule has 1 aliphatic heterocycles. The number of aromatic nitrogens is 3. The van der Waals surface area contributed by atoms with Crippen molar-refractivity contribution in [3.63, 3.8) is 0 Å². The van der Waals surface area contributed by atoms with Crippen LogP contribution in [0.4, 0.5) is 0 Å². The van der Waals surface area contributed by atoms with Gasteiger partial charge in [0, 0.05) is 19.3 Å². The fourth-order valence-corrected chi connectivity index (χ4v) is 5.46. The molecular formula is C14H24N4O2S. The highest BCUT2D eigenvalue weighted by atomic mass is 32.2. The van der Waals surface area contributed by atoms with E-state index in [1.165, 1.54) is 19.3 Å². The van der Waals surface area contributed by atoms with Crippen molar-refractivity contribution in [2.75, 3.05) is 18.8 Å². The first-order valence-corrected chi connectivity index (χ1v) is 9.60. The van der Waals surface area contributed by atoms with Crippen LogP contribution in [-0.4, -0.2) is 46.6 Å². The van der Waals surface area contributed by atoms with Gasteiger partial charge in [0.25, 0.3) is 0 Å². The first-order chi connectivity index (χ1) is 10.1. The number of rotatable bonds is 4. The van der Waals surface area contributed by atoms with E-state index in [0.29, 0.717) is 24.8 Å². The van der Waals surface area contributed by atoms with E-state index >= 15 is 0 Å². The highest BCUT2D eigenvalue weighted by molar-refractivity contribution is 7.89. The van der Waals surface area contributed by atoms with Crippen molar-refractivity contribution < 1.29 is 8.42 Å². The van der Waals surface area contributed by atoms with Gasteiger partial charge in [0.15, 0.2) is 0 Å². The molecule has 6 nitrogen and oxygen atoms in total. The lowest BCUT2D eigenvalue weighted by molar-refractivity contribution is 0.256. The average Bonchev–Trinajstić information content (AvgIpc) is 3.02. The minimum atomic E-state index is -3.09. The Hall–Kier alpha value is -0.950. The summed E-state index contributed by atoms with van der Waals surface area (Å²) in [6, 6.07) is 0.286. The van der Waals surface area contributed by atoms with E-state index in [4.69, 9.17) is 0 Å². The van der Waals surface area contributed by atoms with Crippen molar-refractivity contribution in [2.24, 2.45) is 5.92 Å². The van der Waals surface area contributed by atoms with Gasteiger partial charge < -0.3 is 0 Å². The van der Waals surface area contributed by atoms with Crippen molar-refractivity contribution in [3.8, 4) is 0 Å². The smallest absolute Gasteiger partial charge is 0.214 e. The lowest BCUT2D eigenvalue weighted by atomic mass is 9.91. The Labute approximate surface area is 126 Å². The maximum absolute atomic E-state index is 12.5. The maximum Gasteiger partial charge on any atom is 0.214 e. The molecule has 3 rings (SSSR count). The molecule has 0 unspecified atom stereocenters. The van der Waals surface area contributed by atoms with Crippen molar-refractivity contribution in [1.82, 2.24) is 19.3 Å². The van der Waals surface area contributed by atoms with Gasteiger partial charge in [0.05, 0.1) is 18.0 Å². The van der Waals surface area contributed by atoms with Crippen LogP contribution in [-0.2, 0) is 10.0 Å². The number of sulfonamides is 1. The molecular weight excluding hydrogens is 288 g/mol. The van der Waals surface area contributed by atoms with E-state index in [0.717, 1.165) is 25.7 Å². The van der Waals surface area contributed by atoms with Crippen LogP contribution in [0.1, 0.15) is 51.0 Å². The normalized spacial score (nSPS) is 23.4. The minimum Gasteiger partial charge on any atom is -0.249 e. The van der Waals surface area contributed by atoms with Gasteiger partial charge in [-0.3, -0.25) is 0 Å². The summed E-state index contributed by atoms with van der Waals surface area (Å²) >= 11 is 0. The van der Waals surface area contributed by atoms with Crippen LogP contribution < -0.4 is 0 Å². The van der Waals surface area contributed by atoms with Crippen LogP contribution in [0.5, 0.6) is 0 Å². The SMILES string of the molecule is O=S(=O)(CC1CCCCC1)N1CCC(n2ccnn2)CC1. The fourth-order valence-electron chi connectivity index (χ4n) is 3.55. The number of nitrogens with zero attached hydrogens (tertiary/aromatic N) is 4. The lowest BCUT2D eigenvalue weighted by Gasteiger charge is -2.32. The Morgan fingerprint density at radius 1 is 1.05 bits per heavy atom. The van der Waals surface area contributed by atoms with Crippen molar-refractivity contribution >= 4 is 10.0 Å². The van der Waals surface area contributed by atoms with Gasteiger partial charge in [0.2, 0.25) is 10.0 Å². The molecule has 1 aliphatic carbocycles. The van der Waals surface area contributed by atoms with Gasteiger partial charge in [-0.15, -0.1) is 5.10 Å². The number of piperidine rings is 1. The van der Waals surface area contributed by atoms with E-state index in [2.05, 4.69) is 10.3 Å².